The van der Waals surface area contributed by atoms with Gasteiger partial charge in [0.05, 0.1) is 11.8 Å². The molecule has 4 nitrogen and oxygen atoms in total. The third-order valence-electron chi connectivity index (χ3n) is 3.83. The number of thiazole rings is 1. The van der Waals surface area contributed by atoms with E-state index in [4.69, 9.17) is 4.42 Å². The summed E-state index contributed by atoms with van der Waals surface area (Å²) >= 11 is 1.50. The van der Waals surface area contributed by atoms with Crippen LogP contribution in [0.3, 0.4) is 0 Å². The quantitative estimate of drug-likeness (QED) is 0.768. The van der Waals surface area contributed by atoms with E-state index in [1.54, 1.807) is 13.0 Å². The number of aryl methyl sites for hydroxylation is 3. The largest absolute Gasteiger partial charge is 0.469 e. The molecule has 0 bridgehead atoms. The molecule has 1 aromatic carbocycles. The molecule has 0 saturated carbocycles. The number of hydrogen-bond acceptors (Lipinski definition) is 4. The van der Waals surface area contributed by atoms with E-state index in [1.807, 2.05) is 6.20 Å². The van der Waals surface area contributed by atoms with Gasteiger partial charge in [-0.2, -0.15) is 0 Å². The Balaban J connectivity index is 1.69. The number of amides is 1. The molecule has 3 aromatic rings. The first-order valence-electron chi connectivity index (χ1n) is 7.39. The van der Waals surface area contributed by atoms with E-state index in [-0.39, 0.29) is 5.91 Å². The first kappa shape index (κ1) is 15.5. The molecular weight excluding hydrogens is 308 g/mol. The second kappa shape index (κ2) is 6.38. The molecule has 0 aliphatic heterocycles. The molecule has 1 amide bonds. The van der Waals surface area contributed by atoms with E-state index in [1.165, 1.54) is 34.3 Å². The number of carbonyl (C=O) groups excluding carboxylic acids is 1. The molecule has 0 aliphatic carbocycles. The number of rotatable bonds is 4. The molecule has 0 aliphatic rings. The van der Waals surface area contributed by atoms with E-state index in [0.29, 0.717) is 16.5 Å². The molecule has 1 N–H and O–H groups in total. The van der Waals surface area contributed by atoms with Crippen molar-refractivity contribution >= 4 is 22.4 Å². The molecule has 2 aromatic heterocycles. The number of aromatic nitrogens is 1. The molecule has 5 heteroatoms. The van der Waals surface area contributed by atoms with Crippen molar-refractivity contribution in [1.82, 2.24) is 4.98 Å². The van der Waals surface area contributed by atoms with E-state index in [9.17, 15) is 4.79 Å². The topological polar surface area (TPSA) is 55.1 Å². The molecule has 0 unspecified atom stereocenters. The summed E-state index contributed by atoms with van der Waals surface area (Å²) in [7, 11) is 0. The highest BCUT2D eigenvalue weighted by Crippen LogP contribution is 2.23. The highest BCUT2D eigenvalue weighted by Gasteiger charge is 2.13. The third kappa shape index (κ3) is 3.51. The van der Waals surface area contributed by atoms with E-state index < -0.39 is 0 Å². The zero-order valence-electron chi connectivity index (χ0n) is 13.3. The van der Waals surface area contributed by atoms with Crippen molar-refractivity contribution in [2.45, 2.75) is 27.2 Å². The van der Waals surface area contributed by atoms with Crippen molar-refractivity contribution in [2.24, 2.45) is 0 Å². The summed E-state index contributed by atoms with van der Waals surface area (Å²) in [6.07, 6.45) is 4.15. The van der Waals surface area contributed by atoms with Gasteiger partial charge in [-0.3, -0.25) is 10.1 Å². The number of hydrogen-bond donors (Lipinski definition) is 1. The van der Waals surface area contributed by atoms with Crippen molar-refractivity contribution in [3.05, 3.63) is 69.6 Å². The summed E-state index contributed by atoms with van der Waals surface area (Å²) in [4.78, 5) is 17.5. The number of benzene rings is 1. The van der Waals surface area contributed by atoms with Gasteiger partial charge in [-0.1, -0.05) is 18.2 Å². The molecule has 0 saturated heterocycles. The van der Waals surface area contributed by atoms with Crippen LogP contribution >= 0.6 is 11.3 Å². The third-order valence-corrected chi connectivity index (χ3v) is 4.74. The normalized spacial score (nSPS) is 10.7. The van der Waals surface area contributed by atoms with Crippen LogP contribution in [0, 0.1) is 20.8 Å². The van der Waals surface area contributed by atoms with Gasteiger partial charge in [0, 0.05) is 17.5 Å². The molecule has 0 fully saturated rings. The SMILES string of the molecule is Cc1ccc(Cc2cnc(NC(=O)c3ccoc3C)s2)cc1C. The summed E-state index contributed by atoms with van der Waals surface area (Å²) < 4.78 is 5.15. The molecule has 0 spiro atoms. The Kier molecular flexibility index (Phi) is 4.30. The molecule has 3 rings (SSSR count). The van der Waals surface area contributed by atoms with Gasteiger partial charge < -0.3 is 4.42 Å². The Morgan fingerprint density at radius 1 is 1.22 bits per heavy atom. The van der Waals surface area contributed by atoms with Gasteiger partial charge in [0.25, 0.3) is 5.91 Å². The molecule has 0 radical (unpaired) electrons. The lowest BCUT2D eigenvalue weighted by molar-refractivity contribution is 0.102. The van der Waals surface area contributed by atoms with E-state index in [2.05, 4.69) is 42.3 Å². The van der Waals surface area contributed by atoms with Gasteiger partial charge in [-0.15, -0.1) is 11.3 Å². The van der Waals surface area contributed by atoms with Crippen LogP contribution < -0.4 is 5.32 Å². The highest BCUT2D eigenvalue weighted by molar-refractivity contribution is 7.15. The maximum absolute atomic E-state index is 12.1. The molecule has 0 atom stereocenters. The summed E-state index contributed by atoms with van der Waals surface area (Å²) in [5, 5.41) is 3.43. The monoisotopic (exact) mass is 326 g/mol. The standard InChI is InChI=1S/C18H18N2O2S/c1-11-4-5-14(8-12(11)2)9-15-10-19-18(23-15)20-17(21)16-6-7-22-13(16)3/h4-8,10H,9H2,1-3H3,(H,19,20,21). The van der Waals surface area contributed by atoms with Crippen molar-refractivity contribution in [2.75, 3.05) is 5.32 Å². The minimum atomic E-state index is -0.191. The number of carbonyl (C=O) groups is 1. The van der Waals surface area contributed by atoms with Gasteiger partial charge in [-0.05, 0) is 43.5 Å². The highest BCUT2D eigenvalue weighted by atomic mass is 32.1. The fraction of sp³-hybridized carbons (Fsp3) is 0.222. The van der Waals surface area contributed by atoms with Gasteiger partial charge >= 0.3 is 0 Å². The lowest BCUT2D eigenvalue weighted by Gasteiger charge is -2.03. The van der Waals surface area contributed by atoms with Crippen molar-refractivity contribution in [3.63, 3.8) is 0 Å². The first-order valence-corrected chi connectivity index (χ1v) is 8.21. The Bertz CT molecular complexity index is 848. The average molecular weight is 326 g/mol. The van der Waals surface area contributed by atoms with Gasteiger partial charge in [0.15, 0.2) is 5.13 Å². The second-order valence-corrected chi connectivity index (χ2v) is 6.69. The fourth-order valence-electron chi connectivity index (χ4n) is 2.35. The van der Waals surface area contributed by atoms with Crippen LogP contribution in [-0.4, -0.2) is 10.9 Å². The van der Waals surface area contributed by atoms with E-state index in [0.717, 1.165) is 11.3 Å². The number of nitrogens with zero attached hydrogens (tertiary/aromatic N) is 1. The van der Waals surface area contributed by atoms with Crippen molar-refractivity contribution < 1.29 is 9.21 Å². The lowest BCUT2D eigenvalue weighted by Crippen LogP contribution is -2.11. The second-order valence-electron chi connectivity index (χ2n) is 5.57. The Morgan fingerprint density at radius 3 is 2.74 bits per heavy atom. The maximum Gasteiger partial charge on any atom is 0.260 e. The summed E-state index contributed by atoms with van der Waals surface area (Å²) in [6, 6.07) is 8.13. The molecule has 118 valence electrons. The minimum Gasteiger partial charge on any atom is -0.469 e. The maximum atomic E-state index is 12.1. The van der Waals surface area contributed by atoms with Crippen LogP contribution in [-0.2, 0) is 6.42 Å². The smallest absolute Gasteiger partial charge is 0.260 e. The predicted octanol–water partition coefficient (Wildman–Crippen LogP) is 4.50. The van der Waals surface area contributed by atoms with Crippen molar-refractivity contribution in [1.29, 1.82) is 0 Å². The number of nitrogens with one attached hydrogen (secondary N) is 1. The zero-order chi connectivity index (χ0) is 16.4. The number of anilines is 1. The molecule has 2 heterocycles. The lowest BCUT2D eigenvalue weighted by atomic mass is 10.0. The van der Waals surface area contributed by atoms with Gasteiger partial charge in [-0.25, -0.2) is 4.98 Å². The van der Waals surface area contributed by atoms with Gasteiger partial charge in [0.2, 0.25) is 0 Å². The summed E-state index contributed by atoms with van der Waals surface area (Å²) in [5.41, 5.74) is 4.37. The van der Waals surface area contributed by atoms with Crippen LogP contribution in [0.2, 0.25) is 0 Å². The average Bonchev–Trinajstić information content (AvgIpc) is 3.12. The van der Waals surface area contributed by atoms with Crippen LogP contribution in [0.5, 0.6) is 0 Å². The van der Waals surface area contributed by atoms with Gasteiger partial charge in [0.1, 0.15) is 5.76 Å². The van der Waals surface area contributed by atoms with E-state index >= 15 is 0 Å². The fourth-order valence-corrected chi connectivity index (χ4v) is 3.19. The van der Waals surface area contributed by atoms with Crippen LogP contribution in [0.15, 0.2) is 41.1 Å². The van der Waals surface area contributed by atoms with Crippen LogP contribution in [0.25, 0.3) is 0 Å². The summed E-state index contributed by atoms with van der Waals surface area (Å²) in [6.45, 7) is 5.99. The first-order chi connectivity index (χ1) is 11.0. The predicted molar refractivity (Wildman–Crippen MR) is 92.2 cm³/mol. The molecule has 23 heavy (non-hydrogen) atoms. The Morgan fingerprint density at radius 2 is 2.04 bits per heavy atom. The molecular formula is C18H18N2O2S. The van der Waals surface area contributed by atoms with Crippen molar-refractivity contribution in [3.8, 4) is 0 Å². The minimum absolute atomic E-state index is 0.191. The van der Waals surface area contributed by atoms with Crippen LogP contribution in [0.4, 0.5) is 5.13 Å². The Hall–Kier alpha value is -2.40. The summed E-state index contributed by atoms with van der Waals surface area (Å²) in [5.74, 6) is 0.415. The van der Waals surface area contributed by atoms with Crippen LogP contribution in [0.1, 0.15) is 37.7 Å². The number of furan rings is 1. The zero-order valence-corrected chi connectivity index (χ0v) is 14.2. The Labute approximate surface area is 139 Å².